The Morgan fingerprint density at radius 3 is 2.82 bits per heavy atom. The Bertz CT molecular complexity index is 1020. The number of pyridine rings is 1. The summed E-state index contributed by atoms with van der Waals surface area (Å²) >= 11 is 6.39. The number of aryl methyl sites for hydroxylation is 2. The fraction of sp³-hybridized carbons (Fsp3) is 0.364. The van der Waals surface area contributed by atoms with Gasteiger partial charge in [-0.3, -0.25) is 9.78 Å². The zero-order valence-electron chi connectivity index (χ0n) is 16.0. The Morgan fingerprint density at radius 2 is 2.07 bits per heavy atom. The number of nitrogens with zero attached hydrogens (tertiary/aromatic N) is 2. The topological polar surface area (TPSA) is 66.6 Å². The first kappa shape index (κ1) is 19.0. The number of amides is 1. The average Bonchev–Trinajstić information content (AvgIpc) is 3.24. The van der Waals surface area contributed by atoms with Crippen LogP contribution in [0.25, 0.3) is 11.0 Å². The Morgan fingerprint density at radius 1 is 1.32 bits per heavy atom. The van der Waals surface area contributed by atoms with Crippen molar-refractivity contribution in [3.8, 4) is 0 Å². The maximum atomic E-state index is 12.9. The fourth-order valence-electron chi connectivity index (χ4n) is 4.09. The van der Waals surface area contributed by atoms with Crippen LogP contribution in [-0.2, 0) is 17.6 Å². The van der Waals surface area contributed by atoms with Gasteiger partial charge in [0.05, 0.1) is 18.8 Å². The third-order valence-corrected chi connectivity index (χ3v) is 6.22. The lowest BCUT2D eigenvalue weighted by Gasteiger charge is -2.16. The molecule has 2 atom stereocenters. The number of rotatable bonds is 4. The highest BCUT2D eigenvalue weighted by atomic mass is 35.5. The summed E-state index contributed by atoms with van der Waals surface area (Å²) in [7, 11) is 0. The SMILES string of the molecule is Cc1cc2occ(CC(=O)N3C[C@@H](Cc4ccncc4)[C@@H](O)C3)c2c(C)c1Cl. The van der Waals surface area contributed by atoms with Crippen molar-refractivity contribution in [1.29, 1.82) is 0 Å². The number of fused-ring (bicyclic) bond motifs is 1. The number of carbonyl (C=O) groups is 1. The van der Waals surface area contributed by atoms with Gasteiger partial charge in [-0.2, -0.15) is 0 Å². The minimum Gasteiger partial charge on any atom is -0.464 e. The Kier molecular flexibility index (Phi) is 5.13. The predicted molar refractivity (Wildman–Crippen MR) is 108 cm³/mol. The molecule has 4 rings (SSSR count). The monoisotopic (exact) mass is 398 g/mol. The fourth-order valence-corrected chi connectivity index (χ4v) is 4.24. The van der Waals surface area contributed by atoms with Crippen molar-refractivity contribution in [2.24, 2.45) is 5.92 Å². The van der Waals surface area contributed by atoms with Gasteiger partial charge in [0.25, 0.3) is 0 Å². The number of carbonyl (C=O) groups excluding carboxylic acids is 1. The normalized spacial score (nSPS) is 19.5. The van der Waals surface area contributed by atoms with Gasteiger partial charge in [0.1, 0.15) is 5.58 Å². The van der Waals surface area contributed by atoms with Crippen molar-refractivity contribution in [3.05, 3.63) is 64.1 Å². The predicted octanol–water partition coefficient (Wildman–Crippen LogP) is 3.70. The van der Waals surface area contributed by atoms with Gasteiger partial charge in [0.2, 0.25) is 5.91 Å². The lowest BCUT2D eigenvalue weighted by molar-refractivity contribution is -0.129. The van der Waals surface area contributed by atoms with E-state index < -0.39 is 6.10 Å². The van der Waals surface area contributed by atoms with Crippen molar-refractivity contribution in [3.63, 3.8) is 0 Å². The Balaban J connectivity index is 1.49. The zero-order chi connectivity index (χ0) is 19.8. The van der Waals surface area contributed by atoms with Crippen LogP contribution in [0.2, 0.25) is 5.02 Å². The molecule has 2 aromatic heterocycles. The van der Waals surface area contributed by atoms with E-state index in [1.807, 2.05) is 32.0 Å². The molecule has 5 nitrogen and oxygen atoms in total. The third-order valence-electron chi connectivity index (χ3n) is 5.64. The number of halogens is 1. The summed E-state index contributed by atoms with van der Waals surface area (Å²) in [6.07, 6.45) is 5.60. The lowest BCUT2D eigenvalue weighted by Crippen LogP contribution is -2.31. The second-order valence-electron chi connectivity index (χ2n) is 7.63. The number of β-amino-alcohol motifs (C(OH)–C–C–N with tert-alkyl or cyclic N) is 1. The first-order valence-electron chi connectivity index (χ1n) is 9.44. The number of benzene rings is 1. The van der Waals surface area contributed by atoms with Crippen molar-refractivity contribution in [2.45, 2.75) is 32.8 Å². The second-order valence-corrected chi connectivity index (χ2v) is 8.01. The first-order chi connectivity index (χ1) is 13.4. The van der Waals surface area contributed by atoms with Gasteiger partial charge < -0.3 is 14.4 Å². The minimum absolute atomic E-state index is 0.00456. The lowest BCUT2D eigenvalue weighted by atomic mass is 9.97. The minimum atomic E-state index is -0.517. The summed E-state index contributed by atoms with van der Waals surface area (Å²) in [5.41, 5.74) is 4.60. The summed E-state index contributed by atoms with van der Waals surface area (Å²) in [5.74, 6) is 0.0290. The van der Waals surface area contributed by atoms with Crippen molar-refractivity contribution in [2.75, 3.05) is 13.1 Å². The van der Waals surface area contributed by atoms with Crippen LogP contribution in [0.3, 0.4) is 0 Å². The molecule has 0 spiro atoms. The third kappa shape index (κ3) is 3.52. The van der Waals surface area contributed by atoms with Gasteiger partial charge in [-0.1, -0.05) is 11.6 Å². The maximum absolute atomic E-state index is 12.9. The van der Waals surface area contributed by atoms with E-state index >= 15 is 0 Å². The largest absolute Gasteiger partial charge is 0.464 e. The van der Waals surface area contributed by atoms with Crippen LogP contribution in [0.5, 0.6) is 0 Å². The molecule has 146 valence electrons. The quantitative estimate of drug-likeness (QED) is 0.727. The van der Waals surface area contributed by atoms with Crippen LogP contribution in [0.15, 0.2) is 41.3 Å². The molecular formula is C22H23ClN2O3. The van der Waals surface area contributed by atoms with E-state index in [1.165, 1.54) is 0 Å². The van der Waals surface area contributed by atoms with Crippen molar-refractivity contribution >= 4 is 28.5 Å². The number of aliphatic hydroxyl groups excluding tert-OH is 1. The molecule has 3 aromatic rings. The highest BCUT2D eigenvalue weighted by molar-refractivity contribution is 6.33. The summed E-state index contributed by atoms with van der Waals surface area (Å²) < 4.78 is 5.67. The molecule has 1 N–H and O–H groups in total. The van der Waals surface area contributed by atoms with Gasteiger partial charge in [0.15, 0.2) is 0 Å². The number of aliphatic hydroxyl groups is 1. The molecule has 1 amide bonds. The van der Waals surface area contributed by atoms with Gasteiger partial charge in [-0.05, 0) is 55.2 Å². The second kappa shape index (κ2) is 7.57. The summed E-state index contributed by atoms with van der Waals surface area (Å²) in [6, 6.07) is 5.80. The molecule has 0 aliphatic carbocycles. The van der Waals surface area contributed by atoms with Crippen LogP contribution in [0.1, 0.15) is 22.3 Å². The van der Waals surface area contributed by atoms with E-state index in [-0.39, 0.29) is 18.2 Å². The molecular weight excluding hydrogens is 376 g/mol. The highest BCUT2D eigenvalue weighted by Gasteiger charge is 2.34. The van der Waals surface area contributed by atoms with E-state index in [4.69, 9.17) is 16.0 Å². The summed E-state index contributed by atoms with van der Waals surface area (Å²) in [6.45, 7) is 4.81. The number of likely N-dealkylation sites (tertiary alicyclic amines) is 1. The van der Waals surface area contributed by atoms with Gasteiger partial charge in [-0.15, -0.1) is 0 Å². The Labute approximate surface area is 168 Å². The van der Waals surface area contributed by atoms with E-state index in [2.05, 4.69) is 4.98 Å². The van der Waals surface area contributed by atoms with E-state index in [1.54, 1.807) is 23.6 Å². The molecule has 1 aromatic carbocycles. The van der Waals surface area contributed by atoms with Gasteiger partial charge in [0, 0.05) is 47.4 Å². The molecule has 3 heterocycles. The number of hydrogen-bond acceptors (Lipinski definition) is 4. The molecule has 1 fully saturated rings. The van der Waals surface area contributed by atoms with Crippen molar-refractivity contribution < 1.29 is 14.3 Å². The van der Waals surface area contributed by atoms with Crippen LogP contribution in [0, 0.1) is 19.8 Å². The Hall–Kier alpha value is -2.37. The first-order valence-corrected chi connectivity index (χ1v) is 9.82. The average molecular weight is 399 g/mol. The number of aromatic nitrogens is 1. The van der Waals surface area contributed by atoms with E-state index in [9.17, 15) is 9.90 Å². The molecule has 0 radical (unpaired) electrons. The molecule has 0 unspecified atom stereocenters. The van der Waals surface area contributed by atoms with Crippen LogP contribution in [0.4, 0.5) is 0 Å². The van der Waals surface area contributed by atoms with Crippen LogP contribution in [-0.4, -0.2) is 40.1 Å². The van der Waals surface area contributed by atoms with Gasteiger partial charge >= 0.3 is 0 Å². The molecule has 6 heteroatoms. The molecule has 1 saturated heterocycles. The van der Waals surface area contributed by atoms with E-state index in [0.717, 1.165) is 39.6 Å². The molecule has 1 aliphatic rings. The maximum Gasteiger partial charge on any atom is 0.227 e. The smallest absolute Gasteiger partial charge is 0.227 e. The summed E-state index contributed by atoms with van der Waals surface area (Å²) in [4.78, 5) is 18.7. The van der Waals surface area contributed by atoms with Crippen molar-refractivity contribution in [1.82, 2.24) is 9.88 Å². The zero-order valence-corrected chi connectivity index (χ0v) is 16.7. The molecule has 0 saturated carbocycles. The van der Waals surface area contributed by atoms with E-state index in [0.29, 0.717) is 18.1 Å². The molecule has 1 aliphatic heterocycles. The van der Waals surface area contributed by atoms with Crippen LogP contribution >= 0.6 is 11.6 Å². The number of hydrogen-bond donors (Lipinski definition) is 1. The highest BCUT2D eigenvalue weighted by Crippen LogP contribution is 2.33. The molecule has 0 bridgehead atoms. The van der Waals surface area contributed by atoms with Gasteiger partial charge in [-0.25, -0.2) is 0 Å². The molecule has 28 heavy (non-hydrogen) atoms. The van der Waals surface area contributed by atoms with Crippen LogP contribution < -0.4 is 0 Å². The summed E-state index contributed by atoms with van der Waals surface area (Å²) in [5, 5.41) is 12.1. The number of furan rings is 1. The standard InChI is InChI=1S/C22H23ClN2O3/c1-13-7-19-21(14(2)22(13)23)17(12-28-19)9-20(27)25-10-16(18(26)11-25)8-15-3-5-24-6-4-15/h3-7,12,16,18,26H,8-11H2,1-2H3/t16-,18+/m1/s1.